The Labute approximate surface area is 94.9 Å². The van der Waals surface area contributed by atoms with E-state index >= 15 is 0 Å². The quantitative estimate of drug-likeness (QED) is 0.830. The summed E-state index contributed by atoms with van der Waals surface area (Å²) in [6, 6.07) is 0.0244. The van der Waals surface area contributed by atoms with Crippen LogP contribution >= 0.6 is 0 Å². The summed E-state index contributed by atoms with van der Waals surface area (Å²) < 4.78 is 3.91. The molecule has 0 aromatic carbocycles. The normalized spacial score (nSPS) is 12.9. The lowest BCUT2D eigenvalue weighted by Crippen LogP contribution is -2.12. The average molecular weight is 219 g/mol. The summed E-state index contributed by atoms with van der Waals surface area (Å²) >= 11 is 0. The fourth-order valence-electron chi connectivity index (χ4n) is 1.75. The minimum absolute atomic E-state index is 0.0244. The van der Waals surface area contributed by atoms with E-state index in [4.69, 9.17) is 5.73 Å². The molecule has 0 bridgehead atoms. The lowest BCUT2D eigenvalue weighted by atomic mass is 10.2. The van der Waals surface area contributed by atoms with Crippen LogP contribution in [-0.4, -0.2) is 19.3 Å². The van der Waals surface area contributed by atoms with E-state index in [2.05, 4.69) is 14.6 Å². The van der Waals surface area contributed by atoms with E-state index in [1.165, 1.54) is 5.56 Å². The van der Waals surface area contributed by atoms with Crippen LogP contribution in [0.5, 0.6) is 0 Å². The highest BCUT2D eigenvalue weighted by atomic mass is 15.2. The number of aromatic nitrogens is 4. The zero-order valence-corrected chi connectivity index (χ0v) is 9.67. The summed E-state index contributed by atoms with van der Waals surface area (Å²) in [6.45, 7) is 2.86. The van der Waals surface area contributed by atoms with Gasteiger partial charge in [0.1, 0.15) is 0 Å². The van der Waals surface area contributed by atoms with Crippen LogP contribution in [0.4, 0.5) is 0 Å². The van der Waals surface area contributed by atoms with Crippen LogP contribution in [0, 0.1) is 0 Å². The van der Waals surface area contributed by atoms with E-state index < -0.39 is 0 Å². The maximum Gasteiger partial charge on any atom is 0.0948 e. The fourth-order valence-corrected chi connectivity index (χ4v) is 1.75. The van der Waals surface area contributed by atoms with Crippen LogP contribution in [0.25, 0.3) is 0 Å². The number of rotatable bonds is 4. The lowest BCUT2D eigenvalue weighted by Gasteiger charge is -2.09. The average Bonchev–Trinajstić information content (AvgIpc) is 2.83. The van der Waals surface area contributed by atoms with Crippen molar-refractivity contribution in [3.63, 3.8) is 0 Å². The Kier molecular flexibility index (Phi) is 3.05. The molecule has 86 valence electrons. The Hall–Kier alpha value is -1.62. The highest BCUT2D eigenvalue weighted by Gasteiger charge is 2.06. The summed E-state index contributed by atoms with van der Waals surface area (Å²) in [5, 5.41) is 4.14. The van der Waals surface area contributed by atoms with Gasteiger partial charge in [-0.2, -0.15) is 5.10 Å². The number of hydrogen-bond donors (Lipinski definition) is 1. The zero-order chi connectivity index (χ0) is 11.5. The molecule has 16 heavy (non-hydrogen) atoms. The standard InChI is InChI=1S/C11H17N5/c1-9(12)11-6-13-8-16(11)4-3-10-5-14-15(2)7-10/h5-9H,3-4,12H2,1-2H3/t9-/m1/s1. The second-order valence-electron chi connectivity index (χ2n) is 4.07. The zero-order valence-electron chi connectivity index (χ0n) is 9.67. The van der Waals surface area contributed by atoms with Crippen molar-refractivity contribution >= 4 is 0 Å². The molecule has 2 aromatic rings. The smallest absolute Gasteiger partial charge is 0.0948 e. The Morgan fingerprint density at radius 3 is 2.88 bits per heavy atom. The first-order valence-electron chi connectivity index (χ1n) is 5.40. The minimum atomic E-state index is 0.0244. The van der Waals surface area contributed by atoms with Gasteiger partial charge < -0.3 is 10.3 Å². The second kappa shape index (κ2) is 4.49. The molecule has 0 fully saturated rings. The molecule has 0 amide bonds. The van der Waals surface area contributed by atoms with Gasteiger partial charge in [0.2, 0.25) is 0 Å². The van der Waals surface area contributed by atoms with E-state index in [0.29, 0.717) is 0 Å². The highest BCUT2D eigenvalue weighted by Crippen LogP contribution is 2.10. The van der Waals surface area contributed by atoms with Crippen molar-refractivity contribution in [3.8, 4) is 0 Å². The molecule has 0 saturated carbocycles. The van der Waals surface area contributed by atoms with Crippen LogP contribution in [0.15, 0.2) is 24.9 Å². The molecule has 2 aromatic heterocycles. The van der Waals surface area contributed by atoms with Crippen LogP contribution in [-0.2, 0) is 20.0 Å². The molecule has 0 saturated heterocycles. The molecule has 0 unspecified atom stereocenters. The maximum absolute atomic E-state index is 5.85. The van der Waals surface area contributed by atoms with Crippen molar-refractivity contribution in [3.05, 3.63) is 36.2 Å². The van der Waals surface area contributed by atoms with Gasteiger partial charge in [0.25, 0.3) is 0 Å². The fraction of sp³-hybridized carbons (Fsp3) is 0.455. The van der Waals surface area contributed by atoms with Crippen LogP contribution in [0.3, 0.4) is 0 Å². The Balaban J connectivity index is 2.02. The van der Waals surface area contributed by atoms with Crippen molar-refractivity contribution in [1.82, 2.24) is 19.3 Å². The summed E-state index contributed by atoms with van der Waals surface area (Å²) in [5.74, 6) is 0. The van der Waals surface area contributed by atoms with E-state index in [-0.39, 0.29) is 6.04 Å². The summed E-state index contributed by atoms with van der Waals surface area (Å²) in [4.78, 5) is 4.12. The molecule has 5 nitrogen and oxygen atoms in total. The SMILES string of the molecule is C[C@@H](N)c1cncn1CCc1cnn(C)c1. The number of imidazole rings is 1. The van der Waals surface area contributed by atoms with Gasteiger partial charge in [-0.25, -0.2) is 4.98 Å². The Morgan fingerprint density at radius 1 is 1.44 bits per heavy atom. The van der Waals surface area contributed by atoms with Gasteiger partial charge in [0.15, 0.2) is 0 Å². The van der Waals surface area contributed by atoms with Crippen molar-refractivity contribution in [2.45, 2.75) is 25.9 Å². The van der Waals surface area contributed by atoms with Gasteiger partial charge >= 0.3 is 0 Å². The lowest BCUT2D eigenvalue weighted by molar-refractivity contribution is 0.623. The van der Waals surface area contributed by atoms with Crippen molar-refractivity contribution in [1.29, 1.82) is 0 Å². The Morgan fingerprint density at radius 2 is 2.25 bits per heavy atom. The van der Waals surface area contributed by atoms with Crippen molar-refractivity contribution in [2.24, 2.45) is 12.8 Å². The number of hydrogen-bond acceptors (Lipinski definition) is 3. The molecule has 1 atom stereocenters. The third kappa shape index (κ3) is 2.30. The molecular weight excluding hydrogens is 202 g/mol. The van der Waals surface area contributed by atoms with Gasteiger partial charge in [0.05, 0.1) is 18.2 Å². The molecular formula is C11H17N5. The first kappa shape index (κ1) is 10.9. The molecule has 0 aliphatic rings. The maximum atomic E-state index is 5.85. The number of aryl methyl sites for hydroxylation is 3. The molecule has 5 heteroatoms. The summed E-state index contributed by atoms with van der Waals surface area (Å²) in [7, 11) is 1.92. The third-order valence-electron chi connectivity index (χ3n) is 2.61. The molecule has 2 N–H and O–H groups in total. The molecule has 2 heterocycles. The van der Waals surface area contributed by atoms with Crippen molar-refractivity contribution < 1.29 is 0 Å². The summed E-state index contributed by atoms with van der Waals surface area (Å²) in [5.41, 5.74) is 8.16. The number of nitrogens with zero attached hydrogens (tertiary/aromatic N) is 4. The molecule has 0 radical (unpaired) electrons. The predicted molar refractivity (Wildman–Crippen MR) is 61.7 cm³/mol. The first-order valence-corrected chi connectivity index (χ1v) is 5.40. The number of nitrogens with two attached hydrogens (primary N) is 1. The van der Waals surface area contributed by atoms with Gasteiger partial charge in [0, 0.05) is 32.0 Å². The van der Waals surface area contributed by atoms with E-state index in [1.807, 2.05) is 43.6 Å². The monoisotopic (exact) mass is 219 g/mol. The van der Waals surface area contributed by atoms with Gasteiger partial charge in [-0.1, -0.05) is 0 Å². The second-order valence-corrected chi connectivity index (χ2v) is 4.07. The molecule has 0 aliphatic heterocycles. The van der Waals surface area contributed by atoms with E-state index in [1.54, 1.807) is 0 Å². The molecule has 0 aliphatic carbocycles. The largest absolute Gasteiger partial charge is 0.333 e. The first-order chi connectivity index (χ1) is 7.66. The van der Waals surface area contributed by atoms with Gasteiger partial charge in [-0.05, 0) is 18.9 Å². The Bertz CT molecular complexity index is 454. The molecule has 2 rings (SSSR count). The van der Waals surface area contributed by atoms with Crippen LogP contribution in [0.1, 0.15) is 24.2 Å². The van der Waals surface area contributed by atoms with Gasteiger partial charge in [-0.15, -0.1) is 0 Å². The topological polar surface area (TPSA) is 61.7 Å². The summed E-state index contributed by atoms with van der Waals surface area (Å²) in [6.07, 6.45) is 8.53. The minimum Gasteiger partial charge on any atom is -0.333 e. The van der Waals surface area contributed by atoms with E-state index in [9.17, 15) is 0 Å². The predicted octanol–water partition coefficient (Wildman–Crippen LogP) is 0.879. The highest BCUT2D eigenvalue weighted by molar-refractivity contribution is 5.06. The van der Waals surface area contributed by atoms with Crippen molar-refractivity contribution in [2.75, 3.05) is 0 Å². The molecule has 0 spiro atoms. The van der Waals surface area contributed by atoms with Gasteiger partial charge in [-0.3, -0.25) is 4.68 Å². The van der Waals surface area contributed by atoms with E-state index in [0.717, 1.165) is 18.7 Å². The van der Waals surface area contributed by atoms with Crippen LogP contribution < -0.4 is 5.73 Å². The third-order valence-corrected chi connectivity index (χ3v) is 2.61. The van der Waals surface area contributed by atoms with Crippen LogP contribution in [0.2, 0.25) is 0 Å².